The van der Waals surface area contributed by atoms with Crippen molar-refractivity contribution >= 4 is 32.7 Å². The van der Waals surface area contributed by atoms with Crippen LogP contribution in [-0.4, -0.2) is 9.97 Å². The number of fused-ring (bicyclic) bond motifs is 4. The molecule has 0 amide bonds. The number of hydrogen-bond acceptors (Lipinski definition) is 2. The number of nitrogens with zero attached hydrogens (tertiary/aromatic N) is 1. The van der Waals surface area contributed by atoms with Crippen LogP contribution in [0, 0.1) is 6.92 Å². The van der Waals surface area contributed by atoms with Gasteiger partial charge in [-0.2, -0.15) is 0 Å². The van der Waals surface area contributed by atoms with Crippen LogP contribution in [0.5, 0.6) is 0 Å². The van der Waals surface area contributed by atoms with E-state index in [0.29, 0.717) is 10.8 Å². The summed E-state index contributed by atoms with van der Waals surface area (Å²) >= 11 is 0. The van der Waals surface area contributed by atoms with Crippen LogP contribution in [0.3, 0.4) is 0 Å². The van der Waals surface area contributed by atoms with Crippen molar-refractivity contribution in [2.24, 2.45) is 0 Å². The number of aryl methyl sites for hydroxylation is 1. The number of aromatic amines is 1. The molecule has 0 saturated heterocycles. The first-order chi connectivity index (χ1) is 9.74. The Morgan fingerprint density at radius 2 is 1.75 bits per heavy atom. The summed E-state index contributed by atoms with van der Waals surface area (Å²) < 4.78 is 0. The zero-order chi connectivity index (χ0) is 13.7. The molecule has 2 aromatic carbocycles. The van der Waals surface area contributed by atoms with Crippen molar-refractivity contribution in [3.63, 3.8) is 0 Å². The lowest BCUT2D eigenvalue weighted by Crippen LogP contribution is -2.04. The van der Waals surface area contributed by atoms with Gasteiger partial charge >= 0.3 is 0 Å². The fourth-order valence-electron chi connectivity index (χ4n) is 2.67. The molecule has 0 fully saturated rings. The molecular weight excluding hydrogens is 248 g/mol. The Balaban J connectivity index is 2.33. The Morgan fingerprint density at radius 1 is 0.950 bits per heavy atom. The minimum absolute atomic E-state index is 0.0551. The second-order valence-corrected chi connectivity index (χ2v) is 5.01. The van der Waals surface area contributed by atoms with Crippen molar-refractivity contribution in [3.05, 3.63) is 64.4 Å². The van der Waals surface area contributed by atoms with Crippen molar-refractivity contribution in [3.8, 4) is 0 Å². The van der Waals surface area contributed by atoms with Crippen molar-refractivity contribution in [2.75, 3.05) is 0 Å². The predicted molar refractivity (Wildman–Crippen MR) is 82.1 cm³/mol. The van der Waals surface area contributed by atoms with Crippen LogP contribution in [0.25, 0.3) is 32.7 Å². The molecule has 0 saturated carbocycles. The SMILES string of the molecule is Cc1ccc2ccc3c(=O)c4ccccc4[nH]c3c2n1. The van der Waals surface area contributed by atoms with Crippen LogP contribution in [-0.2, 0) is 0 Å². The Morgan fingerprint density at radius 3 is 2.65 bits per heavy atom. The lowest BCUT2D eigenvalue weighted by molar-refractivity contribution is 1.26. The summed E-state index contributed by atoms with van der Waals surface area (Å²) in [5.74, 6) is 0. The molecule has 96 valence electrons. The van der Waals surface area contributed by atoms with Gasteiger partial charge in [0.15, 0.2) is 5.43 Å². The number of rotatable bonds is 0. The number of para-hydroxylation sites is 1. The second kappa shape index (κ2) is 3.90. The monoisotopic (exact) mass is 260 g/mol. The molecule has 0 unspecified atom stereocenters. The normalized spacial score (nSPS) is 11.4. The van der Waals surface area contributed by atoms with E-state index < -0.39 is 0 Å². The van der Waals surface area contributed by atoms with E-state index in [0.717, 1.165) is 27.6 Å². The molecule has 2 heterocycles. The molecule has 0 spiro atoms. The number of pyridine rings is 2. The summed E-state index contributed by atoms with van der Waals surface area (Å²) in [6, 6.07) is 15.4. The van der Waals surface area contributed by atoms with E-state index in [1.165, 1.54) is 0 Å². The third-order valence-corrected chi connectivity index (χ3v) is 3.68. The van der Waals surface area contributed by atoms with Gasteiger partial charge in [-0.05, 0) is 31.2 Å². The first-order valence-corrected chi connectivity index (χ1v) is 6.55. The van der Waals surface area contributed by atoms with Gasteiger partial charge in [0.1, 0.15) is 0 Å². The summed E-state index contributed by atoms with van der Waals surface area (Å²) in [4.78, 5) is 20.5. The highest BCUT2D eigenvalue weighted by molar-refractivity contribution is 6.06. The molecule has 2 aromatic heterocycles. The van der Waals surface area contributed by atoms with Crippen LogP contribution < -0.4 is 5.43 Å². The van der Waals surface area contributed by atoms with Crippen molar-refractivity contribution in [1.82, 2.24) is 9.97 Å². The molecule has 4 rings (SSSR count). The standard InChI is InChI=1S/C17H12N2O/c1-10-6-7-11-8-9-13-16(15(11)18-10)19-14-5-3-2-4-12(14)17(13)20/h2-9H,1H3,(H,19,20). The van der Waals surface area contributed by atoms with Gasteiger partial charge in [-0.3, -0.25) is 9.78 Å². The Bertz CT molecular complexity index is 1030. The maximum absolute atomic E-state index is 12.6. The van der Waals surface area contributed by atoms with Gasteiger partial charge in [0.05, 0.1) is 11.0 Å². The molecule has 0 atom stereocenters. The van der Waals surface area contributed by atoms with Gasteiger partial charge in [-0.15, -0.1) is 0 Å². The minimum Gasteiger partial charge on any atom is -0.353 e. The smallest absolute Gasteiger partial charge is 0.197 e. The number of benzene rings is 2. The molecule has 3 nitrogen and oxygen atoms in total. The van der Waals surface area contributed by atoms with E-state index in [4.69, 9.17) is 0 Å². The lowest BCUT2D eigenvalue weighted by Gasteiger charge is -2.06. The Kier molecular flexibility index (Phi) is 2.18. The molecule has 1 N–H and O–H groups in total. The van der Waals surface area contributed by atoms with E-state index in [1.807, 2.05) is 55.5 Å². The maximum Gasteiger partial charge on any atom is 0.197 e. The van der Waals surface area contributed by atoms with Gasteiger partial charge in [-0.1, -0.05) is 24.3 Å². The highest BCUT2D eigenvalue weighted by atomic mass is 16.1. The molecule has 3 heteroatoms. The summed E-state index contributed by atoms with van der Waals surface area (Å²) in [7, 11) is 0. The Labute approximate surface area is 114 Å². The van der Waals surface area contributed by atoms with Crippen LogP contribution in [0.2, 0.25) is 0 Å². The predicted octanol–water partition coefficient (Wildman–Crippen LogP) is 3.54. The first kappa shape index (κ1) is 11.2. The average Bonchev–Trinajstić information content (AvgIpc) is 2.47. The lowest BCUT2D eigenvalue weighted by atomic mass is 10.1. The zero-order valence-electron chi connectivity index (χ0n) is 11.0. The van der Waals surface area contributed by atoms with Crippen LogP contribution >= 0.6 is 0 Å². The highest BCUT2D eigenvalue weighted by Crippen LogP contribution is 2.22. The maximum atomic E-state index is 12.6. The van der Waals surface area contributed by atoms with Crippen LogP contribution in [0.1, 0.15) is 5.69 Å². The average molecular weight is 260 g/mol. The molecule has 4 aromatic rings. The third kappa shape index (κ3) is 1.46. The molecule has 0 aliphatic rings. The van der Waals surface area contributed by atoms with E-state index in [1.54, 1.807) is 0 Å². The Hall–Kier alpha value is -2.68. The van der Waals surface area contributed by atoms with E-state index in [2.05, 4.69) is 9.97 Å². The molecule has 0 radical (unpaired) electrons. The highest BCUT2D eigenvalue weighted by Gasteiger charge is 2.08. The van der Waals surface area contributed by atoms with Gasteiger partial charge in [0, 0.05) is 27.4 Å². The van der Waals surface area contributed by atoms with Gasteiger partial charge in [0.2, 0.25) is 0 Å². The largest absolute Gasteiger partial charge is 0.353 e. The number of hydrogen-bond donors (Lipinski definition) is 1. The van der Waals surface area contributed by atoms with Gasteiger partial charge in [0.25, 0.3) is 0 Å². The number of H-pyrrole nitrogens is 1. The topological polar surface area (TPSA) is 45.8 Å². The summed E-state index contributed by atoms with van der Waals surface area (Å²) in [6.45, 7) is 1.96. The zero-order valence-corrected chi connectivity index (χ0v) is 11.0. The molecular formula is C17H12N2O. The van der Waals surface area contributed by atoms with Gasteiger partial charge < -0.3 is 4.98 Å². The van der Waals surface area contributed by atoms with E-state index in [9.17, 15) is 4.79 Å². The number of aromatic nitrogens is 2. The first-order valence-electron chi connectivity index (χ1n) is 6.55. The minimum atomic E-state index is 0.0551. The molecule has 0 bridgehead atoms. The van der Waals surface area contributed by atoms with Crippen molar-refractivity contribution in [2.45, 2.75) is 6.92 Å². The summed E-state index contributed by atoms with van der Waals surface area (Å²) in [5.41, 5.74) is 3.51. The van der Waals surface area contributed by atoms with Crippen LogP contribution in [0.4, 0.5) is 0 Å². The van der Waals surface area contributed by atoms with Crippen molar-refractivity contribution in [1.29, 1.82) is 0 Å². The molecule has 0 aliphatic heterocycles. The van der Waals surface area contributed by atoms with E-state index in [-0.39, 0.29) is 5.43 Å². The molecule has 0 aliphatic carbocycles. The fourth-order valence-corrected chi connectivity index (χ4v) is 2.67. The summed E-state index contributed by atoms with van der Waals surface area (Å²) in [6.07, 6.45) is 0. The third-order valence-electron chi connectivity index (χ3n) is 3.68. The van der Waals surface area contributed by atoms with Crippen molar-refractivity contribution < 1.29 is 0 Å². The second-order valence-electron chi connectivity index (χ2n) is 5.01. The quantitative estimate of drug-likeness (QED) is 0.388. The van der Waals surface area contributed by atoms with Crippen LogP contribution in [0.15, 0.2) is 53.3 Å². The summed E-state index contributed by atoms with van der Waals surface area (Å²) in [5, 5.41) is 2.44. The van der Waals surface area contributed by atoms with Gasteiger partial charge in [-0.25, -0.2) is 0 Å². The number of nitrogens with one attached hydrogen (secondary N) is 1. The molecule has 20 heavy (non-hydrogen) atoms. The fraction of sp³-hybridized carbons (Fsp3) is 0.0588. The van der Waals surface area contributed by atoms with E-state index >= 15 is 0 Å².